The third-order valence-electron chi connectivity index (χ3n) is 5.92. The number of hydrogen-bond donors (Lipinski definition) is 2. The number of nitrogens with one attached hydrogen (secondary N) is 2. The van der Waals surface area contributed by atoms with Gasteiger partial charge in [-0.05, 0) is 44.6 Å². The number of ether oxygens (including phenoxy) is 1. The molecule has 0 spiro atoms. The first-order chi connectivity index (χ1) is 15.6. The predicted molar refractivity (Wildman–Crippen MR) is 133 cm³/mol. The number of likely N-dealkylation sites (N-methyl/N-ethyl adjacent to an activating group) is 1. The monoisotopic (exact) mass is 437 g/mol. The first-order valence-corrected chi connectivity index (χ1v) is 11.7. The summed E-state index contributed by atoms with van der Waals surface area (Å²) >= 11 is 0. The van der Waals surface area contributed by atoms with Crippen LogP contribution in [-0.4, -0.2) is 69.2 Å². The van der Waals surface area contributed by atoms with Crippen molar-refractivity contribution >= 4 is 5.96 Å². The van der Waals surface area contributed by atoms with Crippen LogP contribution in [0.1, 0.15) is 35.2 Å². The molecular formula is C26H39N5O. The highest BCUT2D eigenvalue weighted by Crippen LogP contribution is 2.18. The Morgan fingerprint density at radius 3 is 2.38 bits per heavy atom. The number of benzene rings is 2. The topological polar surface area (TPSA) is 52.1 Å². The van der Waals surface area contributed by atoms with Crippen LogP contribution in [0.2, 0.25) is 0 Å². The maximum atomic E-state index is 5.49. The maximum absolute atomic E-state index is 5.49. The number of aliphatic imine (C=N–C) groups is 1. The van der Waals surface area contributed by atoms with Crippen LogP contribution in [0, 0.1) is 6.92 Å². The lowest BCUT2D eigenvalue weighted by atomic mass is 10.0. The fourth-order valence-electron chi connectivity index (χ4n) is 3.95. The molecule has 2 aromatic carbocycles. The predicted octanol–water partition coefficient (Wildman–Crippen LogP) is 3.19. The average molecular weight is 438 g/mol. The second-order valence-corrected chi connectivity index (χ2v) is 8.62. The second kappa shape index (κ2) is 12.6. The molecule has 1 fully saturated rings. The van der Waals surface area contributed by atoms with Gasteiger partial charge in [-0.25, -0.2) is 4.99 Å². The van der Waals surface area contributed by atoms with Gasteiger partial charge >= 0.3 is 0 Å². The van der Waals surface area contributed by atoms with E-state index in [0.717, 1.165) is 51.9 Å². The molecule has 0 saturated carbocycles. The molecule has 174 valence electrons. The van der Waals surface area contributed by atoms with Gasteiger partial charge in [-0.2, -0.15) is 0 Å². The summed E-state index contributed by atoms with van der Waals surface area (Å²) in [5.74, 6) is 0.854. The van der Waals surface area contributed by atoms with Crippen LogP contribution in [0.25, 0.3) is 0 Å². The Morgan fingerprint density at radius 1 is 1.03 bits per heavy atom. The number of hydrogen-bond acceptors (Lipinski definition) is 4. The molecule has 0 bridgehead atoms. The number of morpholine rings is 1. The summed E-state index contributed by atoms with van der Waals surface area (Å²) in [5, 5.41) is 6.96. The SMILES string of the molecule is CCNC(=NCc1ccccc1CN1CCOCC1)NCC(c1ccc(C)cc1)N(C)C. The normalized spacial score (nSPS) is 16.2. The van der Waals surface area contributed by atoms with Crippen molar-refractivity contribution in [2.75, 3.05) is 53.5 Å². The largest absolute Gasteiger partial charge is 0.379 e. The molecule has 0 amide bonds. The summed E-state index contributed by atoms with van der Waals surface area (Å²) in [6, 6.07) is 17.7. The highest BCUT2D eigenvalue weighted by Gasteiger charge is 2.15. The third-order valence-corrected chi connectivity index (χ3v) is 5.92. The van der Waals surface area contributed by atoms with Gasteiger partial charge in [0.15, 0.2) is 5.96 Å². The standard InChI is InChI=1S/C26H39N5O/c1-5-27-26(29-19-25(30(3)4)22-12-10-21(2)11-13-22)28-18-23-8-6-7-9-24(23)20-31-14-16-32-17-15-31/h6-13,25H,5,14-20H2,1-4H3,(H2,27,28,29). The molecule has 3 rings (SSSR count). The van der Waals surface area contributed by atoms with Gasteiger partial charge in [0.2, 0.25) is 0 Å². The molecule has 6 heteroatoms. The Hall–Kier alpha value is -2.41. The van der Waals surface area contributed by atoms with Crippen molar-refractivity contribution in [2.24, 2.45) is 4.99 Å². The molecule has 1 atom stereocenters. The van der Waals surface area contributed by atoms with Gasteiger partial charge in [-0.3, -0.25) is 4.90 Å². The minimum atomic E-state index is 0.271. The van der Waals surface area contributed by atoms with Crippen molar-refractivity contribution in [3.8, 4) is 0 Å². The highest BCUT2D eigenvalue weighted by atomic mass is 16.5. The number of guanidine groups is 1. The van der Waals surface area contributed by atoms with E-state index in [0.29, 0.717) is 6.54 Å². The van der Waals surface area contributed by atoms with Gasteiger partial charge in [0, 0.05) is 32.7 Å². The molecule has 1 aliphatic rings. The zero-order valence-corrected chi connectivity index (χ0v) is 20.1. The van der Waals surface area contributed by atoms with Crippen molar-refractivity contribution in [1.82, 2.24) is 20.4 Å². The smallest absolute Gasteiger partial charge is 0.191 e. The van der Waals surface area contributed by atoms with Gasteiger partial charge in [0.1, 0.15) is 0 Å². The second-order valence-electron chi connectivity index (χ2n) is 8.62. The molecular weight excluding hydrogens is 398 g/mol. The third kappa shape index (κ3) is 7.33. The van der Waals surface area contributed by atoms with Crippen molar-refractivity contribution in [2.45, 2.75) is 33.0 Å². The first-order valence-electron chi connectivity index (χ1n) is 11.7. The Kier molecular flexibility index (Phi) is 9.53. The zero-order valence-electron chi connectivity index (χ0n) is 20.1. The summed E-state index contributed by atoms with van der Waals surface area (Å²) < 4.78 is 5.49. The van der Waals surface area contributed by atoms with Crippen LogP contribution < -0.4 is 10.6 Å². The van der Waals surface area contributed by atoms with E-state index in [1.54, 1.807) is 0 Å². The lowest BCUT2D eigenvalue weighted by Crippen LogP contribution is -2.41. The van der Waals surface area contributed by atoms with Gasteiger partial charge in [0.25, 0.3) is 0 Å². The molecule has 0 aromatic heterocycles. The van der Waals surface area contributed by atoms with Crippen LogP contribution in [-0.2, 0) is 17.8 Å². The minimum absolute atomic E-state index is 0.271. The lowest BCUT2D eigenvalue weighted by molar-refractivity contribution is 0.0341. The average Bonchev–Trinajstić information content (AvgIpc) is 2.80. The van der Waals surface area contributed by atoms with Crippen LogP contribution in [0.5, 0.6) is 0 Å². The number of nitrogens with zero attached hydrogens (tertiary/aromatic N) is 3. The molecule has 2 aromatic rings. The molecule has 1 heterocycles. The van der Waals surface area contributed by atoms with E-state index in [4.69, 9.17) is 9.73 Å². The Bertz CT molecular complexity index is 844. The highest BCUT2D eigenvalue weighted by molar-refractivity contribution is 5.79. The first kappa shape index (κ1) is 24.2. The van der Waals surface area contributed by atoms with Crippen molar-refractivity contribution in [3.63, 3.8) is 0 Å². The van der Waals surface area contributed by atoms with Crippen molar-refractivity contribution in [1.29, 1.82) is 0 Å². The Morgan fingerprint density at radius 2 is 1.72 bits per heavy atom. The molecule has 1 unspecified atom stereocenters. The van der Waals surface area contributed by atoms with E-state index in [2.05, 4.69) is 96.9 Å². The Balaban J connectivity index is 1.66. The van der Waals surface area contributed by atoms with Crippen molar-refractivity contribution < 1.29 is 4.74 Å². The van der Waals surface area contributed by atoms with Crippen LogP contribution >= 0.6 is 0 Å². The van der Waals surface area contributed by atoms with E-state index < -0.39 is 0 Å². The number of aryl methyl sites for hydroxylation is 1. The van der Waals surface area contributed by atoms with E-state index in [1.807, 2.05) is 0 Å². The fraction of sp³-hybridized carbons (Fsp3) is 0.500. The molecule has 0 radical (unpaired) electrons. The lowest BCUT2D eigenvalue weighted by Gasteiger charge is -2.27. The van der Waals surface area contributed by atoms with Crippen molar-refractivity contribution in [3.05, 3.63) is 70.8 Å². The quantitative estimate of drug-likeness (QED) is 0.466. The summed E-state index contributed by atoms with van der Waals surface area (Å²) in [6.45, 7) is 11.1. The summed E-state index contributed by atoms with van der Waals surface area (Å²) in [7, 11) is 4.25. The Labute approximate surface area is 193 Å². The van der Waals surface area contributed by atoms with E-state index in [9.17, 15) is 0 Å². The van der Waals surface area contributed by atoms with Gasteiger partial charge in [-0.1, -0.05) is 54.1 Å². The van der Waals surface area contributed by atoms with E-state index in [1.165, 1.54) is 22.3 Å². The maximum Gasteiger partial charge on any atom is 0.191 e. The van der Waals surface area contributed by atoms with Gasteiger partial charge in [-0.15, -0.1) is 0 Å². The van der Waals surface area contributed by atoms with Gasteiger partial charge < -0.3 is 20.3 Å². The van der Waals surface area contributed by atoms with Crippen LogP contribution in [0.15, 0.2) is 53.5 Å². The van der Waals surface area contributed by atoms with Crippen LogP contribution in [0.4, 0.5) is 0 Å². The minimum Gasteiger partial charge on any atom is -0.379 e. The van der Waals surface area contributed by atoms with E-state index in [-0.39, 0.29) is 6.04 Å². The molecule has 32 heavy (non-hydrogen) atoms. The summed E-state index contributed by atoms with van der Waals surface area (Å²) in [6.07, 6.45) is 0. The molecule has 0 aliphatic carbocycles. The van der Waals surface area contributed by atoms with Gasteiger partial charge in [0.05, 0.1) is 25.8 Å². The molecule has 6 nitrogen and oxygen atoms in total. The van der Waals surface area contributed by atoms with Crippen LogP contribution in [0.3, 0.4) is 0 Å². The molecule has 1 aliphatic heterocycles. The summed E-state index contributed by atoms with van der Waals surface area (Å²) in [4.78, 5) is 9.62. The number of rotatable bonds is 9. The fourth-order valence-corrected chi connectivity index (χ4v) is 3.95. The van der Waals surface area contributed by atoms with E-state index >= 15 is 0 Å². The summed E-state index contributed by atoms with van der Waals surface area (Å²) in [5.41, 5.74) is 5.21. The zero-order chi connectivity index (χ0) is 22.8. The molecule has 1 saturated heterocycles. The molecule has 2 N–H and O–H groups in total.